The Labute approximate surface area is 208 Å². The molecular formula is C29H32N2O3S. The fourth-order valence-electron chi connectivity index (χ4n) is 6.02. The van der Waals surface area contributed by atoms with E-state index in [9.17, 15) is 13.2 Å². The second-order valence-corrected chi connectivity index (χ2v) is 11.7. The molecule has 5 nitrogen and oxygen atoms in total. The molecule has 0 spiro atoms. The van der Waals surface area contributed by atoms with Crippen molar-refractivity contribution in [3.63, 3.8) is 0 Å². The number of nitrogens with one attached hydrogen (secondary N) is 2. The normalized spacial score (nSPS) is 22.3. The van der Waals surface area contributed by atoms with Gasteiger partial charge in [-0.1, -0.05) is 67.1 Å². The summed E-state index contributed by atoms with van der Waals surface area (Å²) in [5.41, 5.74) is 2.36. The number of rotatable bonds is 8. The molecule has 0 unspecified atom stereocenters. The molecule has 2 saturated carbocycles. The molecule has 2 bridgehead atoms. The quantitative estimate of drug-likeness (QED) is 0.436. The zero-order valence-corrected chi connectivity index (χ0v) is 20.7. The van der Waals surface area contributed by atoms with Crippen LogP contribution in [-0.2, 0) is 14.8 Å². The minimum Gasteiger partial charge on any atom is -0.325 e. The largest absolute Gasteiger partial charge is 0.325 e. The lowest BCUT2D eigenvalue weighted by atomic mass is 9.84. The van der Waals surface area contributed by atoms with Gasteiger partial charge in [0, 0.05) is 11.7 Å². The molecule has 35 heavy (non-hydrogen) atoms. The van der Waals surface area contributed by atoms with E-state index in [1.165, 1.54) is 19.3 Å². The lowest BCUT2D eigenvalue weighted by Gasteiger charge is -2.28. The Morgan fingerprint density at radius 2 is 1.43 bits per heavy atom. The molecule has 0 saturated heterocycles. The van der Waals surface area contributed by atoms with Gasteiger partial charge in [-0.25, -0.2) is 13.1 Å². The molecule has 3 aromatic rings. The maximum atomic E-state index is 13.3. The van der Waals surface area contributed by atoms with E-state index >= 15 is 0 Å². The molecule has 2 aliphatic rings. The predicted molar refractivity (Wildman–Crippen MR) is 139 cm³/mol. The fraction of sp³-hybridized carbons (Fsp3) is 0.345. The van der Waals surface area contributed by atoms with Crippen molar-refractivity contribution >= 4 is 21.6 Å². The number of anilines is 1. The Hall–Kier alpha value is -2.96. The van der Waals surface area contributed by atoms with Crippen molar-refractivity contribution in [1.29, 1.82) is 0 Å². The second kappa shape index (κ2) is 9.96. The molecule has 2 N–H and O–H groups in total. The molecule has 4 atom stereocenters. The van der Waals surface area contributed by atoms with Crippen molar-refractivity contribution in [2.24, 2.45) is 17.8 Å². The summed E-state index contributed by atoms with van der Waals surface area (Å²) in [6.07, 6.45) is 4.90. The summed E-state index contributed by atoms with van der Waals surface area (Å²) >= 11 is 0. The number of carbonyl (C=O) groups is 1. The number of carbonyl (C=O) groups excluding carboxylic acids is 1. The van der Waals surface area contributed by atoms with E-state index < -0.39 is 15.9 Å². The molecule has 1 amide bonds. The van der Waals surface area contributed by atoms with Crippen LogP contribution in [0.5, 0.6) is 0 Å². The maximum Gasteiger partial charge on any atom is 0.240 e. The van der Waals surface area contributed by atoms with Gasteiger partial charge in [0.2, 0.25) is 15.9 Å². The third-order valence-corrected chi connectivity index (χ3v) is 9.31. The molecule has 2 fully saturated rings. The topological polar surface area (TPSA) is 75.3 Å². The molecule has 0 heterocycles. The van der Waals surface area contributed by atoms with Crippen LogP contribution in [0.1, 0.15) is 49.7 Å². The highest BCUT2D eigenvalue weighted by Crippen LogP contribution is 2.49. The number of sulfonamides is 1. The highest BCUT2D eigenvalue weighted by atomic mass is 32.2. The first-order valence-corrected chi connectivity index (χ1v) is 13.9. The van der Waals surface area contributed by atoms with Crippen LogP contribution in [0.4, 0.5) is 5.69 Å². The van der Waals surface area contributed by atoms with Crippen molar-refractivity contribution < 1.29 is 13.2 Å². The zero-order chi connectivity index (χ0) is 24.4. The van der Waals surface area contributed by atoms with E-state index in [1.54, 1.807) is 24.3 Å². The lowest BCUT2D eigenvalue weighted by Crippen LogP contribution is -2.40. The van der Waals surface area contributed by atoms with E-state index in [-0.39, 0.29) is 16.8 Å². The van der Waals surface area contributed by atoms with Crippen molar-refractivity contribution in [3.8, 4) is 0 Å². The van der Waals surface area contributed by atoms with Crippen LogP contribution >= 0.6 is 0 Å². The van der Waals surface area contributed by atoms with Crippen LogP contribution in [-0.4, -0.2) is 20.4 Å². The minimum atomic E-state index is -3.62. The molecule has 0 aliphatic heterocycles. The van der Waals surface area contributed by atoms with Gasteiger partial charge in [0.25, 0.3) is 0 Å². The van der Waals surface area contributed by atoms with Gasteiger partial charge in [-0.3, -0.25) is 4.79 Å². The Kier molecular flexibility index (Phi) is 6.76. The van der Waals surface area contributed by atoms with E-state index in [0.29, 0.717) is 17.5 Å². The van der Waals surface area contributed by atoms with E-state index in [1.807, 2.05) is 67.6 Å². The van der Waals surface area contributed by atoms with Crippen LogP contribution in [0.3, 0.4) is 0 Å². The summed E-state index contributed by atoms with van der Waals surface area (Å²) in [5, 5.41) is 2.97. The van der Waals surface area contributed by atoms with Gasteiger partial charge < -0.3 is 5.32 Å². The summed E-state index contributed by atoms with van der Waals surface area (Å²) < 4.78 is 28.9. The first-order valence-electron chi connectivity index (χ1n) is 12.4. The third kappa shape index (κ3) is 5.19. The van der Waals surface area contributed by atoms with Crippen molar-refractivity contribution in [1.82, 2.24) is 4.72 Å². The Morgan fingerprint density at radius 3 is 1.94 bits per heavy atom. The zero-order valence-electron chi connectivity index (χ0n) is 19.9. The first-order chi connectivity index (χ1) is 16.9. The molecule has 0 radical (unpaired) electrons. The number of amides is 1. The van der Waals surface area contributed by atoms with Gasteiger partial charge in [0.15, 0.2) is 0 Å². The van der Waals surface area contributed by atoms with Gasteiger partial charge >= 0.3 is 0 Å². The van der Waals surface area contributed by atoms with E-state index in [0.717, 1.165) is 23.5 Å². The highest BCUT2D eigenvalue weighted by molar-refractivity contribution is 7.89. The van der Waals surface area contributed by atoms with Crippen LogP contribution < -0.4 is 10.0 Å². The first kappa shape index (κ1) is 23.8. The van der Waals surface area contributed by atoms with Crippen molar-refractivity contribution in [3.05, 3.63) is 96.1 Å². The maximum absolute atomic E-state index is 13.3. The Bertz CT molecular complexity index is 1220. The summed E-state index contributed by atoms with van der Waals surface area (Å²) in [5.74, 6) is 1.22. The standard InChI is InChI=1S/C29H32N2O3S/c1-20(27-19-21-12-13-24(27)18-21)31-35(33,34)26-16-14-25(15-17-26)30-29(32)28(22-8-4-2-5-9-22)23-10-6-3-7-11-23/h2-11,14-17,20-21,24,27-28,31H,12-13,18-19H2,1H3,(H,30,32)/t20-,21-,24-,27+/m0/s1. The summed E-state index contributed by atoms with van der Waals surface area (Å²) in [6, 6.07) is 25.6. The third-order valence-electron chi connectivity index (χ3n) is 7.74. The molecule has 182 valence electrons. The average molecular weight is 489 g/mol. The predicted octanol–water partition coefficient (Wildman–Crippen LogP) is 5.56. The highest BCUT2D eigenvalue weighted by Gasteiger charge is 2.42. The lowest BCUT2D eigenvalue weighted by molar-refractivity contribution is -0.116. The molecule has 2 aliphatic carbocycles. The van der Waals surface area contributed by atoms with E-state index in [2.05, 4.69) is 10.0 Å². The summed E-state index contributed by atoms with van der Waals surface area (Å²) in [6.45, 7) is 1.99. The summed E-state index contributed by atoms with van der Waals surface area (Å²) in [7, 11) is -3.62. The molecular weight excluding hydrogens is 456 g/mol. The van der Waals surface area contributed by atoms with Crippen LogP contribution in [0.25, 0.3) is 0 Å². The number of benzene rings is 3. The average Bonchev–Trinajstić information content (AvgIpc) is 3.50. The number of hydrogen-bond acceptors (Lipinski definition) is 3. The van der Waals surface area contributed by atoms with Crippen LogP contribution in [0.2, 0.25) is 0 Å². The van der Waals surface area contributed by atoms with Gasteiger partial charge in [0.05, 0.1) is 10.8 Å². The van der Waals surface area contributed by atoms with Crippen LogP contribution in [0.15, 0.2) is 89.8 Å². The minimum absolute atomic E-state index is 0.0767. The van der Waals surface area contributed by atoms with Gasteiger partial charge in [-0.05, 0) is 79.3 Å². The number of fused-ring (bicyclic) bond motifs is 2. The molecule has 6 heteroatoms. The molecule has 0 aromatic heterocycles. The van der Waals surface area contributed by atoms with Crippen molar-refractivity contribution in [2.75, 3.05) is 5.32 Å². The van der Waals surface area contributed by atoms with E-state index in [4.69, 9.17) is 0 Å². The van der Waals surface area contributed by atoms with Gasteiger partial charge in [-0.15, -0.1) is 0 Å². The Morgan fingerprint density at radius 1 is 0.829 bits per heavy atom. The molecule has 5 rings (SSSR count). The Balaban J connectivity index is 1.28. The van der Waals surface area contributed by atoms with Gasteiger partial charge in [0.1, 0.15) is 0 Å². The van der Waals surface area contributed by atoms with Gasteiger partial charge in [-0.2, -0.15) is 0 Å². The fourth-order valence-corrected chi connectivity index (χ4v) is 7.32. The van der Waals surface area contributed by atoms with Crippen molar-refractivity contribution in [2.45, 2.75) is 49.5 Å². The van der Waals surface area contributed by atoms with Crippen LogP contribution in [0, 0.1) is 17.8 Å². The summed E-state index contributed by atoms with van der Waals surface area (Å²) in [4.78, 5) is 13.5. The monoisotopic (exact) mass is 488 g/mol. The molecule has 3 aromatic carbocycles. The smallest absolute Gasteiger partial charge is 0.240 e. The second-order valence-electron chi connectivity index (χ2n) is 10.0. The SMILES string of the molecule is C[C@H](NS(=O)(=O)c1ccc(NC(=O)C(c2ccccc2)c2ccccc2)cc1)[C@H]1C[C@H]2CC[C@H]1C2. The number of hydrogen-bond donors (Lipinski definition) is 2.